The molecule has 0 bridgehead atoms. The first-order valence-electron chi connectivity index (χ1n) is 9.38. The lowest BCUT2D eigenvalue weighted by molar-refractivity contribution is -0.143. The number of aromatic nitrogens is 1. The van der Waals surface area contributed by atoms with Crippen molar-refractivity contribution in [3.8, 4) is 0 Å². The van der Waals surface area contributed by atoms with Gasteiger partial charge in [0.15, 0.2) is 0 Å². The van der Waals surface area contributed by atoms with E-state index in [4.69, 9.17) is 0 Å². The van der Waals surface area contributed by atoms with Gasteiger partial charge in [-0.3, -0.25) is 14.6 Å². The van der Waals surface area contributed by atoms with Gasteiger partial charge in [0.1, 0.15) is 6.04 Å². The van der Waals surface area contributed by atoms with Gasteiger partial charge in [0, 0.05) is 37.7 Å². The van der Waals surface area contributed by atoms with Gasteiger partial charge in [-0.2, -0.15) is 0 Å². The van der Waals surface area contributed by atoms with E-state index in [0.717, 1.165) is 31.7 Å². The zero-order valence-electron chi connectivity index (χ0n) is 16.0. The number of carbonyl (C=O) groups is 2. The van der Waals surface area contributed by atoms with Gasteiger partial charge in [-0.05, 0) is 41.9 Å². The van der Waals surface area contributed by atoms with Crippen molar-refractivity contribution < 1.29 is 9.59 Å². The Labute approximate surface area is 160 Å². The predicted molar refractivity (Wildman–Crippen MR) is 105 cm³/mol. The normalized spacial score (nSPS) is 23.5. The van der Waals surface area contributed by atoms with E-state index in [1.54, 1.807) is 16.7 Å². The Balaban J connectivity index is 1.57. The fourth-order valence-electron chi connectivity index (χ4n) is 3.71. The van der Waals surface area contributed by atoms with Crippen molar-refractivity contribution in [3.05, 3.63) is 30.1 Å². The molecule has 0 N–H and O–H groups in total. The molecule has 1 aromatic rings. The molecule has 3 rings (SSSR count). The lowest BCUT2D eigenvalue weighted by atomic mass is 9.91. The molecule has 2 aliphatic rings. The molecule has 2 amide bonds. The molecule has 2 aliphatic heterocycles. The number of amides is 2. The summed E-state index contributed by atoms with van der Waals surface area (Å²) in [6.07, 6.45) is 6.15. The summed E-state index contributed by atoms with van der Waals surface area (Å²) in [5.74, 6) is 2.09. The van der Waals surface area contributed by atoms with Gasteiger partial charge in [-0.25, -0.2) is 0 Å². The topological polar surface area (TPSA) is 53.5 Å². The maximum absolute atomic E-state index is 13.0. The van der Waals surface area contributed by atoms with Crippen LogP contribution in [0.5, 0.6) is 0 Å². The third kappa shape index (κ3) is 4.78. The molecule has 0 aliphatic carbocycles. The molecule has 0 unspecified atom stereocenters. The average Bonchev–Trinajstić information content (AvgIpc) is 3.23. The van der Waals surface area contributed by atoms with Crippen molar-refractivity contribution >= 4 is 23.6 Å². The summed E-state index contributed by atoms with van der Waals surface area (Å²) < 4.78 is 0. The molecule has 142 valence electrons. The van der Waals surface area contributed by atoms with Crippen molar-refractivity contribution in [1.29, 1.82) is 0 Å². The molecule has 0 radical (unpaired) electrons. The van der Waals surface area contributed by atoms with E-state index < -0.39 is 0 Å². The summed E-state index contributed by atoms with van der Waals surface area (Å²) in [4.78, 5) is 33.5. The standard InChI is InChI=1S/C20H29N3O2S/c1-20(2,3)11-18(24)23-14-26-13-17(23)19(25)22-9-6-16(12-22)10-15-4-7-21-8-5-15/h4-5,7-8,16-17H,6,9-14H2,1-3H3/t16-,17+/m1/s1. The quantitative estimate of drug-likeness (QED) is 0.812. The van der Waals surface area contributed by atoms with Crippen LogP contribution < -0.4 is 0 Å². The van der Waals surface area contributed by atoms with E-state index in [1.807, 2.05) is 29.4 Å². The zero-order valence-corrected chi connectivity index (χ0v) is 16.8. The summed E-state index contributed by atoms with van der Waals surface area (Å²) in [5.41, 5.74) is 1.22. The van der Waals surface area contributed by atoms with Crippen LogP contribution in [0, 0.1) is 11.3 Å². The predicted octanol–water partition coefficient (Wildman–Crippen LogP) is 2.81. The molecule has 2 atom stereocenters. The van der Waals surface area contributed by atoms with Crippen molar-refractivity contribution in [2.75, 3.05) is 24.7 Å². The second-order valence-corrected chi connectivity index (χ2v) is 9.61. The average molecular weight is 376 g/mol. The molecular formula is C20H29N3O2S. The number of hydrogen-bond donors (Lipinski definition) is 0. The first-order chi connectivity index (χ1) is 12.3. The van der Waals surface area contributed by atoms with Crippen molar-refractivity contribution in [2.24, 2.45) is 11.3 Å². The first kappa shape index (κ1) is 19.2. The van der Waals surface area contributed by atoms with Crippen molar-refractivity contribution in [3.63, 3.8) is 0 Å². The number of likely N-dealkylation sites (tertiary alicyclic amines) is 1. The van der Waals surface area contributed by atoms with Gasteiger partial charge in [0.05, 0.1) is 5.88 Å². The minimum atomic E-state index is -0.283. The molecule has 6 heteroatoms. The number of rotatable bonds is 4. The van der Waals surface area contributed by atoms with Crippen molar-refractivity contribution in [2.45, 2.75) is 46.1 Å². The van der Waals surface area contributed by atoms with E-state index in [1.165, 1.54) is 5.56 Å². The van der Waals surface area contributed by atoms with Gasteiger partial charge in [-0.1, -0.05) is 20.8 Å². The SMILES string of the molecule is CC(C)(C)CC(=O)N1CSC[C@H]1C(=O)N1CC[C@H](Cc2ccncc2)C1. The minimum Gasteiger partial charge on any atom is -0.341 e. The highest BCUT2D eigenvalue weighted by Gasteiger charge is 2.39. The summed E-state index contributed by atoms with van der Waals surface area (Å²) in [7, 11) is 0. The van der Waals surface area contributed by atoms with E-state index >= 15 is 0 Å². The maximum Gasteiger partial charge on any atom is 0.246 e. The Kier molecular flexibility index (Phi) is 5.90. The zero-order chi connectivity index (χ0) is 18.7. The third-order valence-corrected chi connectivity index (χ3v) is 6.05. The lowest BCUT2D eigenvalue weighted by Gasteiger charge is -2.29. The Morgan fingerprint density at radius 3 is 2.69 bits per heavy atom. The Hall–Kier alpha value is -1.56. The van der Waals surface area contributed by atoms with E-state index in [0.29, 0.717) is 18.2 Å². The van der Waals surface area contributed by atoms with Gasteiger partial charge in [0.25, 0.3) is 0 Å². The van der Waals surface area contributed by atoms with Crippen LogP contribution in [0.1, 0.15) is 39.2 Å². The first-order valence-corrected chi connectivity index (χ1v) is 10.5. The molecule has 0 aromatic carbocycles. The molecular weight excluding hydrogens is 346 g/mol. The highest BCUT2D eigenvalue weighted by atomic mass is 32.2. The van der Waals surface area contributed by atoms with Gasteiger partial charge in [-0.15, -0.1) is 11.8 Å². The van der Waals surface area contributed by atoms with Crippen LogP contribution in [0.2, 0.25) is 0 Å². The van der Waals surface area contributed by atoms with Gasteiger partial charge >= 0.3 is 0 Å². The minimum absolute atomic E-state index is 0.0543. The number of hydrogen-bond acceptors (Lipinski definition) is 4. The monoisotopic (exact) mass is 375 g/mol. The van der Waals surface area contributed by atoms with Gasteiger partial charge in [0.2, 0.25) is 11.8 Å². The second-order valence-electron chi connectivity index (χ2n) is 8.62. The lowest BCUT2D eigenvalue weighted by Crippen LogP contribution is -2.49. The summed E-state index contributed by atoms with van der Waals surface area (Å²) in [6.45, 7) is 7.79. The molecule has 2 fully saturated rings. The molecule has 0 saturated carbocycles. The number of thioether (sulfide) groups is 1. The fraction of sp³-hybridized carbons (Fsp3) is 0.650. The fourth-order valence-corrected chi connectivity index (χ4v) is 4.88. The van der Waals surface area contributed by atoms with Crippen LogP contribution in [0.3, 0.4) is 0 Å². The highest BCUT2D eigenvalue weighted by molar-refractivity contribution is 7.99. The maximum atomic E-state index is 13.0. The Morgan fingerprint density at radius 1 is 1.27 bits per heavy atom. The second kappa shape index (κ2) is 7.99. The van der Waals surface area contributed by atoms with Crippen LogP contribution in [-0.2, 0) is 16.0 Å². The number of pyridine rings is 1. The molecule has 5 nitrogen and oxygen atoms in total. The summed E-state index contributed by atoms with van der Waals surface area (Å²) in [5, 5.41) is 0. The number of nitrogens with zero attached hydrogens (tertiary/aromatic N) is 3. The molecule has 1 aromatic heterocycles. The summed E-state index contributed by atoms with van der Waals surface area (Å²) >= 11 is 1.69. The van der Waals surface area contributed by atoms with Crippen LogP contribution in [0.4, 0.5) is 0 Å². The molecule has 26 heavy (non-hydrogen) atoms. The Bertz CT molecular complexity index is 644. The third-order valence-electron chi connectivity index (χ3n) is 5.04. The molecule has 3 heterocycles. The smallest absolute Gasteiger partial charge is 0.246 e. The van der Waals surface area contributed by atoms with Crippen LogP contribution in [0.15, 0.2) is 24.5 Å². The van der Waals surface area contributed by atoms with E-state index in [9.17, 15) is 9.59 Å². The van der Waals surface area contributed by atoms with E-state index in [-0.39, 0.29) is 23.3 Å². The summed E-state index contributed by atoms with van der Waals surface area (Å²) in [6, 6.07) is 3.81. The highest BCUT2D eigenvalue weighted by Crippen LogP contribution is 2.29. The van der Waals surface area contributed by atoms with Gasteiger partial charge < -0.3 is 9.80 Å². The van der Waals surface area contributed by atoms with E-state index in [2.05, 4.69) is 25.8 Å². The largest absolute Gasteiger partial charge is 0.341 e. The number of carbonyl (C=O) groups excluding carboxylic acids is 2. The van der Waals surface area contributed by atoms with Crippen LogP contribution in [-0.4, -0.2) is 57.4 Å². The molecule has 2 saturated heterocycles. The van der Waals surface area contributed by atoms with Crippen LogP contribution >= 0.6 is 11.8 Å². The van der Waals surface area contributed by atoms with Crippen LogP contribution in [0.25, 0.3) is 0 Å². The molecule has 0 spiro atoms. The Morgan fingerprint density at radius 2 is 2.00 bits per heavy atom. The van der Waals surface area contributed by atoms with Crippen molar-refractivity contribution in [1.82, 2.24) is 14.8 Å².